The van der Waals surface area contributed by atoms with Crippen LogP contribution in [0.15, 0.2) is 0 Å². The first-order chi connectivity index (χ1) is 6.92. The number of alkyl halides is 3. The lowest BCUT2D eigenvalue weighted by Gasteiger charge is -2.05. The third-order valence-corrected chi connectivity index (χ3v) is 2.09. The standard InChI is InChI=1S/C8H13F3O3S/c1-7(12)13-5-3-2-4-6-15-14-8(9,10)11/h2-6H2,1H3. The summed E-state index contributed by atoms with van der Waals surface area (Å²) in [6, 6.07) is 0. The van der Waals surface area contributed by atoms with Crippen LogP contribution in [-0.2, 0) is 13.7 Å². The van der Waals surface area contributed by atoms with Gasteiger partial charge in [0.1, 0.15) is 0 Å². The highest BCUT2D eigenvalue weighted by atomic mass is 32.2. The molecule has 3 nitrogen and oxygen atoms in total. The molecule has 0 heterocycles. The van der Waals surface area contributed by atoms with Gasteiger partial charge in [-0.3, -0.25) is 4.79 Å². The van der Waals surface area contributed by atoms with Gasteiger partial charge in [0.15, 0.2) is 0 Å². The minimum atomic E-state index is -4.57. The Bertz CT molecular complexity index is 184. The number of hydrogen-bond donors (Lipinski definition) is 0. The largest absolute Gasteiger partial charge is 0.533 e. The second-order valence-corrected chi connectivity index (χ2v) is 3.56. The highest BCUT2D eigenvalue weighted by Gasteiger charge is 2.29. The average Bonchev–Trinajstić information content (AvgIpc) is 2.07. The fourth-order valence-corrected chi connectivity index (χ4v) is 1.30. The molecule has 0 unspecified atom stereocenters. The molecule has 0 bridgehead atoms. The fraction of sp³-hybridized carbons (Fsp3) is 0.875. The summed E-state index contributed by atoms with van der Waals surface area (Å²) in [7, 11) is 0. The Morgan fingerprint density at radius 1 is 1.27 bits per heavy atom. The van der Waals surface area contributed by atoms with Gasteiger partial charge in [-0.05, 0) is 19.3 Å². The number of unbranched alkanes of at least 4 members (excludes halogenated alkanes) is 2. The summed E-state index contributed by atoms with van der Waals surface area (Å²) >= 11 is 0.392. The van der Waals surface area contributed by atoms with Crippen LogP contribution in [-0.4, -0.2) is 24.7 Å². The van der Waals surface area contributed by atoms with E-state index in [9.17, 15) is 18.0 Å². The van der Waals surface area contributed by atoms with Gasteiger partial charge in [-0.15, -0.1) is 13.2 Å². The summed E-state index contributed by atoms with van der Waals surface area (Å²) in [6.45, 7) is 1.63. The van der Waals surface area contributed by atoms with Crippen molar-refractivity contribution in [3.8, 4) is 0 Å². The molecule has 0 saturated carbocycles. The number of ether oxygens (including phenoxy) is 1. The fourth-order valence-electron chi connectivity index (χ4n) is 0.764. The van der Waals surface area contributed by atoms with Crippen LogP contribution in [0, 0.1) is 0 Å². The van der Waals surface area contributed by atoms with Crippen LogP contribution < -0.4 is 0 Å². The molecule has 0 aliphatic carbocycles. The van der Waals surface area contributed by atoms with Crippen molar-refractivity contribution in [2.24, 2.45) is 0 Å². The lowest BCUT2D eigenvalue weighted by molar-refractivity contribution is -0.266. The first-order valence-electron chi connectivity index (χ1n) is 4.42. The zero-order valence-corrected chi connectivity index (χ0v) is 9.12. The van der Waals surface area contributed by atoms with Gasteiger partial charge in [-0.2, -0.15) is 0 Å². The van der Waals surface area contributed by atoms with Crippen LogP contribution in [0.5, 0.6) is 0 Å². The van der Waals surface area contributed by atoms with E-state index < -0.39 is 6.36 Å². The van der Waals surface area contributed by atoms with Gasteiger partial charge in [-0.25, -0.2) is 4.18 Å². The van der Waals surface area contributed by atoms with Gasteiger partial charge < -0.3 is 4.74 Å². The summed E-state index contributed by atoms with van der Waals surface area (Å²) in [4.78, 5) is 10.3. The van der Waals surface area contributed by atoms with Crippen LogP contribution in [0.4, 0.5) is 13.2 Å². The lowest BCUT2D eigenvalue weighted by Crippen LogP contribution is -2.08. The molecule has 0 amide bonds. The highest BCUT2D eigenvalue weighted by Crippen LogP contribution is 2.23. The Balaban J connectivity index is 3.09. The number of esters is 1. The van der Waals surface area contributed by atoms with Crippen LogP contribution >= 0.6 is 12.0 Å². The molecule has 0 aliphatic rings. The molecule has 0 aromatic heterocycles. The monoisotopic (exact) mass is 246 g/mol. The van der Waals surface area contributed by atoms with Crippen molar-refractivity contribution in [2.45, 2.75) is 32.5 Å². The second-order valence-electron chi connectivity index (χ2n) is 2.75. The van der Waals surface area contributed by atoms with Crippen molar-refractivity contribution in [1.29, 1.82) is 0 Å². The maximum atomic E-state index is 11.5. The molecule has 0 rings (SSSR count). The highest BCUT2D eigenvalue weighted by molar-refractivity contribution is 7.94. The van der Waals surface area contributed by atoms with Crippen LogP contribution in [0.2, 0.25) is 0 Å². The van der Waals surface area contributed by atoms with Gasteiger partial charge in [0, 0.05) is 24.7 Å². The maximum Gasteiger partial charge on any atom is 0.533 e. The van der Waals surface area contributed by atoms with Crippen molar-refractivity contribution in [3.63, 3.8) is 0 Å². The molecule has 90 valence electrons. The van der Waals surface area contributed by atoms with Gasteiger partial charge in [0.2, 0.25) is 0 Å². The molecular formula is C8H13F3O3S. The smallest absolute Gasteiger partial charge is 0.466 e. The van der Waals surface area contributed by atoms with E-state index in [4.69, 9.17) is 0 Å². The summed E-state index contributed by atoms with van der Waals surface area (Å²) in [5.41, 5.74) is 0. The van der Waals surface area contributed by atoms with Crippen molar-refractivity contribution < 1.29 is 26.9 Å². The SMILES string of the molecule is CC(=O)OCCCCCSOC(F)(F)F. The quantitative estimate of drug-likeness (QED) is 0.393. The molecule has 0 saturated heterocycles. The Hall–Kier alpha value is -0.430. The van der Waals surface area contributed by atoms with Crippen LogP contribution in [0.25, 0.3) is 0 Å². The van der Waals surface area contributed by atoms with E-state index in [1.54, 1.807) is 0 Å². The molecule has 0 aromatic rings. The van der Waals surface area contributed by atoms with E-state index in [2.05, 4.69) is 8.92 Å². The number of halogens is 3. The molecule has 0 atom stereocenters. The lowest BCUT2D eigenvalue weighted by atomic mass is 10.3. The van der Waals surface area contributed by atoms with E-state index in [1.807, 2.05) is 0 Å². The topological polar surface area (TPSA) is 35.5 Å². The molecule has 0 aliphatic heterocycles. The average molecular weight is 246 g/mol. The van der Waals surface area contributed by atoms with Crippen molar-refractivity contribution >= 4 is 18.0 Å². The molecule has 7 heteroatoms. The van der Waals surface area contributed by atoms with Crippen molar-refractivity contribution in [3.05, 3.63) is 0 Å². The minimum Gasteiger partial charge on any atom is -0.466 e. The van der Waals surface area contributed by atoms with E-state index in [0.29, 0.717) is 37.9 Å². The van der Waals surface area contributed by atoms with Gasteiger partial charge >= 0.3 is 12.3 Å². The molecule has 0 fully saturated rings. The zero-order chi connectivity index (χ0) is 11.7. The Kier molecular flexibility index (Phi) is 7.59. The Morgan fingerprint density at radius 2 is 1.93 bits per heavy atom. The van der Waals surface area contributed by atoms with E-state index in [-0.39, 0.29) is 11.7 Å². The van der Waals surface area contributed by atoms with Gasteiger partial charge in [0.05, 0.1) is 6.61 Å². The van der Waals surface area contributed by atoms with Crippen molar-refractivity contribution in [1.82, 2.24) is 0 Å². The number of carbonyl (C=O) groups excluding carboxylic acids is 1. The summed E-state index contributed by atoms with van der Waals surface area (Å²) in [5, 5.41) is 0. The van der Waals surface area contributed by atoms with E-state index in [0.717, 1.165) is 0 Å². The predicted molar refractivity (Wildman–Crippen MR) is 50.1 cm³/mol. The van der Waals surface area contributed by atoms with Gasteiger partial charge in [-0.1, -0.05) is 0 Å². The summed E-state index contributed by atoms with van der Waals surface area (Å²) < 4.78 is 42.6. The predicted octanol–water partition coefficient (Wildman–Crippen LogP) is 2.90. The number of hydrogen-bond acceptors (Lipinski definition) is 4. The maximum absolute atomic E-state index is 11.5. The molecule has 15 heavy (non-hydrogen) atoms. The third-order valence-electron chi connectivity index (χ3n) is 1.33. The van der Waals surface area contributed by atoms with Gasteiger partial charge in [0.25, 0.3) is 0 Å². The molecule has 0 N–H and O–H groups in total. The second kappa shape index (κ2) is 7.81. The first kappa shape index (κ1) is 14.6. The number of rotatable bonds is 7. The summed E-state index contributed by atoms with van der Waals surface area (Å²) in [6.07, 6.45) is -2.60. The molecule has 0 radical (unpaired) electrons. The van der Waals surface area contributed by atoms with Crippen LogP contribution in [0.1, 0.15) is 26.2 Å². The van der Waals surface area contributed by atoms with Crippen molar-refractivity contribution in [2.75, 3.05) is 12.4 Å². The minimum absolute atomic E-state index is 0.277. The molecule has 0 aromatic carbocycles. The van der Waals surface area contributed by atoms with Crippen LogP contribution in [0.3, 0.4) is 0 Å². The Morgan fingerprint density at radius 3 is 2.47 bits per heavy atom. The Labute approximate surface area is 90.5 Å². The molecular weight excluding hydrogens is 233 g/mol. The van der Waals surface area contributed by atoms with E-state index >= 15 is 0 Å². The first-order valence-corrected chi connectivity index (χ1v) is 5.33. The van der Waals surface area contributed by atoms with E-state index in [1.165, 1.54) is 6.92 Å². The molecule has 0 spiro atoms. The zero-order valence-electron chi connectivity index (χ0n) is 8.30. The normalized spacial score (nSPS) is 11.5. The number of carbonyl (C=O) groups is 1. The third kappa shape index (κ3) is 13.6. The summed E-state index contributed by atoms with van der Waals surface area (Å²) in [5.74, 6) is -0.0654.